The Kier molecular flexibility index (Phi) is 2.64. The van der Waals surface area contributed by atoms with Crippen LogP contribution >= 0.6 is 0 Å². The number of amidine groups is 1. The van der Waals surface area contributed by atoms with Crippen LogP contribution in [0.25, 0.3) is 0 Å². The molecule has 0 saturated heterocycles. The maximum absolute atomic E-state index is 9.92. The van der Waals surface area contributed by atoms with E-state index in [0.29, 0.717) is 0 Å². The molecule has 0 rings (SSSR count). The highest BCUT2D eigenvalue weighted by atomic mass is 32.2. The lowest BCUT2D eigenvalue weighted by Gasteiger charge is -2.11. The number of hydrogen-bond donors (Lipinski definition) is 2. The molecule has 0 aliphatic rings. The Morgan fingerprint density at radius 1 is 2.00 bits per heavy atom. The fourth-order valence-electron chi connectivity index (χ4n) is 0.104. The van der Waals surface area contributed by atoms with Crippen molar-refractivity contribution in [3.8, 4) is 0 Å². The van der Waals surface area contributed by atoms with Crippen molar-refractivity contribution in [3.63, 3.8) is 0 Å². The van der Waals surface area contributed by atoms with E-state index < -0.39 is 16.3 Å². The monoisotopic (exact) mass is 135 g/mol. The molecule has 0 amide bonds. The molecule has 2 unspecified atom stereocenters. The van der Waals surface area contributed by atoms with Gasteiger partial charge in [0.15, 0.2) is 0 Å². The van der Waals surface area contributed by atoms with Gasteiger partial charge in [0.2, 0.25) is 0 Å². The second kappa shape index (κ2) is 2.78. The zero-order chi connectivity index (χ0) is 6.73. The van der Waals surface area contributed by atoms with Crippen LogP contribution in [0.1, 0.15) is 6.92 Å². The van der Waals surface area contributed by atoms with Gasteiger partial charge in [-0.3, -0.25) is 9.62 Å². The molecule has 0 saturated carbocycles. The van der Waals surface area contributed by atoms with Crippen LogP contribution in [0.5, 0.6) is 0 Å². The van der Waals surface area contributed by atoms with Gasteiger partial charge in [0, 0.05) is 0 Å². The van der Waals surface area contributed by atoms with Crippen molar-refractivity contribution in [3.05, 3.63) is 0 Å². The molecule has 0 aromatic rings. The van der Waals surface area contributed by atoms with Gasteiger partial charge >= 0.3 is 0 Å². The van der Waals surface area contributed by atoms with Gasteiger partial charge < -0.3 is 10.3 Å². The Balaban J connectivity index is 3.83. The zero-order valence-corrected chi connectivity index (χ0v) is 5.20. The third-order valence-electron chi connectivity index (χ3n) is 0.727. The Hall–Kier alpha value is -0.420. The quantitative estimate of drug-likeness (QED) is 0.295. The molecule has 0 spiro atoms. The lowest BCUT2D eigenvalue weighted by Crippen LogP contribution is -2.28. The first-order chi connectivity index (χ1) is 3.55. The van der Waals surface area contributed by atoms with Gasteiger partial charge in [-0.15, -0.1) is 0 Å². The summed E-state index contributed by atoms with van der Waals surface area (Å²) in [4.78, 5) is 0. The molecule has 0 aliphatic carbocycles. The SMILES string of the molecule is CC(C(=N)N)S(=O)[O-]. The Bertz CT molecular complexity index is 110. The summed E-state index contributed by atoms with van der Waals surface area (Å²) in [5.41, 5.74) is 4.83. The van der Waals surface area contributed by atoms with Gasteiger partial charge in [0.1, 0.15) is 5.84 Å². The molecule has 0 radical (unpaired) electrons. The smallest absolute Gasteiger partial charge is 0.105 e. The van der Waals surface area contributed by atoms with Crippen molar-refractivity contribution in [2.24, 2.45) is 5.73 Å². The van der Waals surface area contributed by atoms with Crippen molar-refractivity contribution < 1.29 is 8.76 Å². The van der Waals surface area contributed by atoms with E-state index in [1.165, 1.54) is 6.92 Å². The fourth-order valence-corrected chi connectivity index (χ4v) is 0.311. The molecule has 5 heteroatoms. The largest absolute Gasteiger partial charge is 0.772 e. The van der Waals surface area contributed by atoms with Gasteiger partial charge in [-0.1, -0.05) is 0 Å². The topological polar surface area (TPSA) is 90.0 Å². The highest BCUT2D eigenvalue weighted by molar-refractivity contribution is 7.80. The first-order valence-corrected chi connectivity index (χ1v) is 3.11. The molecule has 2 atom stereocenters. The van der Waals surface area contributed by atoms with Crippen LogP contribution in [0.2, 0.25) is 0 Å². The van der Waals surface area contributed by atoms with E-state index in [-0.39, 0.29) is 5.84 Å². The summed E-state index contributed by atoms with van der Waals surface area (Å²) in [5, 5.41) is 5.76. The van der Waals surface area contributed by atoms with Crippen LogP contribution in [0.4, 0.5) is 0 Å². The fraction of sp³-hybridized carbons (Fsp3) is 0.667. The molecule has 0 aromatic carbocycles. The molecule has 8 heavy (non-hydrogen) atoms. The van der Waals surface area contributed by atoms with Crippen LogP contribution in [0.15, 0.2) is 0 Å². The van der Waals surface area contributed by atoms with E-state index >= 15 is 0 Å². The molecule has 0 bridgehead atoms. The summed E-state index contributed by atoms with van der Waals surface area (Å²) in [5.74, 6) is -0.321. The minimum absolute atomic E-state index is 0.321. The standard InChI is InChI=1S/C3H8N2O2S/c1-2(3(4)5)8(6)7/h2H,1H3,(H3,4,5)(H,6,7)/p-1. The molecule has 0 aromatic heterocycles. The first kappa shape index (κ1) is 7.58. The molecular weight excluding hydrogens is 128 g/mol. The second-order valence-electron chi connectivity index (χ2n) is 1.36. The first-order valence-electron chi connectivity index (χ1n) is 1.97. The molecule has 0 aliphatic heterocycles. The van der Waals surface area contributed by atoms with Gasteiger partial charge in [-0.25, -0.2) is 0 Å². The molecule has 3 N–H and O–H groups in total. The van der Waals surface area contributed by atoms with E-state index in [4.69, 9.17) is 11.1 Å². The summed E-state index contributed by atoms with van der Waals surface area (Å²) < 4.78 is 19.8. The van der Waals surface area contributed by atoms with Crippen LogP contribution in [0.3, 0.4) is 0 Å². The number of hydrogen-bond acceptors (Lipinski definition) is 3. The predicted octanol–water partition coefficient (Wildman–Crippen LogP) is -0.810. The van der Waals surface area contributed by atoms with E-state index in [9.17, 15) is 8.76 Å². The minimum atomic E-state index is -2.24. The molecule has 48 valence electrons. The van der Waals surface area contributed by atoms with Gasteiger partial charge in [-0.05, 0) is 18.0 Å². The van der Waals surface area contributed by atoms with Gasteiger partial charge in [0.25, 0.3) is 0 Å². The average molecular weight is 135 g/mol. The molecular formula is C3H7N2O2S-. The zero-order valence-electron chi connectivity index (χ0n) is 4.38. The van der Waals surface area contributed by atoms with E-state index in [0.717, 1.165) is 0 Å². The normalized spacial score (nSPS) is 17.2. The third-order valence-corrected chi connectivity index (χ3v) is 1.56. The highest BCUT2D eigenvalue weighted by Gasteiger charge is 2.02. The summed E-state index contributed by atoms with van der Waals surface area (Å²) in [7, 11) is 0. The lowest BCUT2D eigenvalue weighted by atomic mass is 10.4. The lowest BCUT2D eigenvalue weighted by molar-refractivity contribution is 0.533. The van der Waals surface area contributed by atoms with Crippen molar-refractivity contribution in [2.75, 3.05) is 0 Å². The summed E-state index contributed by atoms with van der Waals surface area (Å²) >= 11 is -2.24. The van der Waals surface area contributed by atoms with Crippen LogP contribution in [0, 0.1) is 5.41 Å². The highest BCUT2D eigenvalue weighted by Crippen LogP contribution is 1.87. The van der Waals surface area contributed by atoms with Crippen molar-refractivity contribution in [1.82, 2.24) is 0 Å². The van der Waals surface area contributed by atoms with E-state index in [1.54, 1.807) is 0 Å². The molecule has 0 fully saturated rings. The molecule has 4 nitrogen and oxygen atoms in total. The maximum Gasteiger partial charge on any atom is 0.105 e. The Labute approximate surface area is 49.9 Å². The number of nitrogens with one attached hydrogen (secondary N) is 1. The van der Waals surface area contributed by atoms with Gasteiger partial charge in [0.05, 0.1) is 5.25 Å². The Morgan fingerprint density at radius 3 is 2.38 bits per heavy atom. The van der Waals surface area contributed by atoms with Crippen molar-refractivity contribution in [2.45, 2.75) is 12.2 Å². The van der Waals surface area contributed by atoms with E-state index in [1.807, 2.05) is 0 Å². The third kappa shape index (κ3) is 2.04. The minimum Gasteiger partial charge on any atom is -0.772 e. The second-order valence-corrected chi connectivity index (χ2v) is 2.59. The number of nitrogens with two attached hydrogens (primary N) is 1. The van der Waals surface area contributed by atoms with Crippen LogP contribution in [-0.2, 0) is 11.1 Å². The Morgan fingerprint density at radius 2 is 2.38 bits per heavy atom. The van der Waals surface area contributed by atoms with Gasteiger partial charge in [-0.2, -0.15) is 0 Å². The summed E-state index contributed by atoms with van der Waals surface area (Å²) in [6.07, 6.45) is 0. The maximum atomic E-state index is 9.92. The number of rotatable bonds is 2. The van der Waals surface area contributed by atoms with Crippen LogP contribution in [-0.4, -0.2) is 19.8 Å². The molecule has 0 heterocycles. The summed E-state index contributed by atoms with van der Waals surface area (Å²) in [6.45, 7) is 1.35. The van der Waals surface area contributed by atoms with Crippen molar-refractivity contribution >= 4 is 16.9 Å². The van der Waals surface area contributed by atoms with Crippen molar-refractivity contribution in [1.29, 1.82) is 5.41 Å². The average Bonchev–Trinajstić information content (AvgIpc) is 1.64. The predicted molar refractivity (Wildman–Crippen MR) is 30.3 cm³/mol. The summed E-state index contributed by atoms with van der Waals surface area (Å²) in [6, 6.07) is 0. The van der Waals surface area contributed by atoms with Crippen LogP contribution < -0.4 is 5.73 Å². The van der Waals surface area contributed by atoms with E-state index in [2.05, 4.69) is 0 Å².